The molecule has 1 saturated carbocycles. The van der Waals surface area contributed by atoms with Crippen molar-refractivity contribution >= 4 is 21.6 Å². The SMILES string of the molecule is Cc1ccc2c(c1)N(S(C)(=O)=O)CC[C@@H](C(=O)NC1CCCCCC1)O2. The number of fused-ring (bicyclic) bond motifs is 1. The summed E-state index contributed by atoms with van der Waals surface area (Å²) in [5, 5.41) is 3.12. The van der Waals surface area contributed by atoms with Gasteiger partial charge in [0, 0.05) is 19.0 Å². The lowest BCUT2D eigenvalue weighted by molar-refractivity contribution is -0.128. The van der Waals surface area contributed by atoms with Crippen molar-refractivity contribution in [2.24, 2.45) is 0 Å². The highest BCUT2D eigenvalue weighted by molar-refractivity contribution is 7.92. The summed E-state index contributed by atoms with van der Waals surface area (Å²) in [5.74, 6) is 0.304. The number of anilines is 1. The minimum absolute atomic E-state index is 0.140. The smallest absolute Gasteiger partial charge is 0.261 e. The molecule has 1 aliphatic heterocycles. The molecular weight excluding hydrogens is 352 g/mol. The predicted octanol–water partition coefficient (Wildman–Crippen LogP) is 2.75. The molecule has 1 fully saturated rings. The third-order valence-electron chi connectivity index (χ3n) is 5.14. The van der Waals surface area contributed by atoms with E-state index in [1.165, 1.54) is 23.4 Å². The number of amides is 1. The molecule has 6 nitrogen and oxygen atoms in total. The molecule has 0 spiro atoms. The maximum Gasteiger partial charge on any atom is 0.261 e. The minimum atomic E-state index is -3.44. The predicted molar refractivity (Wildman–Crippen MR) is 102 cm³/mol. The Morgan fingerprint density at radius 2 is 1.85 bits per heavy atom. The quantitative estimate of drug-likeness (QED) is 0.818. The molecule has 3 rings (SSSR count). The second kappa shape index (κ2) is 7.86. The number of carbonyl (C=O) groups is 1. The van der Waals surface area contributed by atoms with Crippen LogP contribution >= 0.6 is 0 Å². The van der Waals surface area contributed by atoms with Crippen LogP contribution < -0.4 is 14.4 Å². The molecule has 1 aliphatic carbocycles. The highest BCUT2D eigenvalue weighted by Gasteiger charge is 2.32. The van der Waals surface area contributed by atoms with E-state index in [0.29, 0.717) is 17.9 Å². The van der Waals surface area contributed by atoms with Gasteiger partial charge in [0.15, 0.2) is 6.10 Å². The molecule has 0 saturated heterocycles. The van der Waals surface area contributed by atoms with Gasteiger partial charge in [-0.1, -0.05) is 31.7 Å². The van der Waals surface area contributed by atoms with Gasteiger partial charge in [0.05, 0.1) is 11.9 Å². The van der Waals surface area contributed by atoms with E-state index in [2.05, 4.69) is 5.32 Å². The van der Waals surface area contributed by atoms with Crippen molar-refractivity contribution < 1.29 is 17.9 Å². The van der Waals surface area contributed by atoms with Crippen LogP contribution in [0.25, 0.3) is 0 Å². The van der Waals surface area contributed by atoms with E-state index in [0.717, 1.165) is 31.2 Å². The van der Waals surface area contributed by atoms with Gasteiger partial charge < -0.3 is 10.1 Å². The van der Waals surface area contributed by atoms with Crippen LogP contribution in [-0.4, -0.2) is 39.3 Å². The molecule has 1 atom stereocenters. The fourth-order valence-corrected chi connectivity index (χ4v) is 4.67. The summed E-state index contributed by atoms with van der Waals surface area (Å²) in [4.78, 5) is 12.8. The van der Waals surface area contributed by atoms with Crippen molar-refractivity contribution in [3.05, 3.63) is 23.8 Å². The van der Waals surface area contributed by atoms with Crippen molar-refractivity contribution in [2.45, 2.75) is 64.0 Å². The fraction of sp³-hybridized carbons (Fsp3) is 0.632. The average molecular weight is 381 g/mol. The van der Waals surface area contributed by atoms with Gasteiger partial charge in [-0.15, -0.1) is 0 Å². The lowest BCUT2D eigenvalue weighted by atomic mass is 10.1. The monoisotopic (exact) mass is 380 g/mol. The molecule has 1 aromatic carbocycles. The number of nitrogens with one attached hydrogen (secondary N) is 1. The number of benzene rings is 1. The Morgan fingerprint density at radius 3 is 2.50 bits per heavy atom. The second-order valence-corrected chi connectivity index (χ2v) is 9.31. The number of aryl methyl sites for hydroxylation is 1. The van der Waals surface area contributed by atoms with Gasteiger partial charge >= 0.3 is 0 Å². The number of hydrogen-bond acceptors (Lipinski definition) is 4. The highest BCUT2D eigenvalue weighted by Crippen LogP contribution is 2.35. The van der Waals surface area contributed by atoms with Gasteiger partial charge in [-0.3, -0.25) is 9.10 Å². The van der Waals surface area contributed by atoms with E-state index in [9.17, 15) is 13.2 Å². The molecule has 0 bridgehead atoms. The Morgan fingerprint density at radius 1 is 1.15 bits per heavy atom. The standard InChI is InChI=1S/C19H28N2O4S/c1-14-9-10-17-16(13-14)21(26(2,23)24)12-11-18(25-17)19(22)20-15-7-5-3-4-6-8-15/h9-10,13,15,18H,3-8,11-12H2,1-2H3,(H,20,22)/t18-/m0/s1. The van der Waals surface area contributed by atoms with Gasteiger partial charge in [0.25, 0.3) is 5.91 Å². The van der Waals surface area contributed by atoms with Gasteiger partial charge in [-0.05, 0) is 37.5 Å². The molecule has 26 heavy (non-hydrogen) atoms. The molecule has 0 aromatic heterocycles. The molecular formula is C19H28N2O4S. The van der Waals surface area contributed by atoms with Gasteiger partial charge in [-0.25, -0.2) is 8.42 Å². The Kier molecular flexibility index (Phi) is 5.75. The number of ether oxygens (including phenoxy) is 1. The molecule has 1 amide bonds. The molecule has 1 N–H and O–H groups in total. The first-order chi connectivity index (χ1) is 12.3. The maximum atomic E-state index is 12.8. The Labute approximate surface area is 156 Å². The summed E-state index contributed by atoms with van der Waals surface area (Å²) in [6.07, 6.45) is 7.58. The summed E-state index contributed by atoms with van der Waals surface area (Å²) in [7, 11) is -3.44. The molecule has 144 valence electrons. The van der Waals surface area contributed by atoms with Gasteiger partial charge in [-0.2, -0.15) is 0 Å². The molecule has 1 aromatic rings. The van der Waals surface area contributed by atoms with E-state index < -0.39 is 16.1 Å². The van der Waals surface area contributed by atoms with E-state index >= 15 is 0 Å². The fourth-order valence-electron chi connectivity index (χ4n) is 3.74. The average Bonchev–Trinajstić information content (AvgIpc) is 2.92. The zero-order valence-corrected chi connectivity index (χ0v) is 16.3. The van der Waals surface area contributed by atoms with Crippen molar-refractivity contribution in [1.82, 2.24) is 5.32 Å². The highest BCUT2D eigenvalue weighted by atomic mass is 32.2. The van der Waals surface area contributed by atoms with Crippen LogP contribution in [0, 0.1) is 6.92 Å². The third kappa shape index (κ3) is 4.50. The van der Waals surface area contributed by atoms with Crippen LogP contribution in [0.1, 0.15) is 50.5 Å². The molecule has 0 radical (unpaired) electrons. The summed E-state index contributed by atoms with van der Waals surface area (Å²) in [6, 6.07) is 5.60. The van der Waals surface area contributed by atoms with Crippen LogP contribution in [0.4, 0.5) is 5.69 Å². The molecule has 2 aliphatic rings. The van der Waals surface area contributed by atoms with Crippen molar-refractivity contribution in [1.29, 1.82) is 0 Å². The first-order valence-electron chi connectivity index (χ1n) is 9.40. The number of hydrogen-bond donors (Lipinski definition) is 1. The molecule has 0 unspecified atom stereocenters. The van der Waals surface area contributed by atoms with Crippen LogP contribution in [0.5, 0.6) is 5.75 Å². The number of nitrogens with zero attached hydrogens (tertiary/aromatic N) is 1. The molecule has 1 heterocycles. The normalized spacial score (nSPS) is 21.9. The number of carbonyl (C=O) groups excluding carboxylic acids is 1. The lowest BCUT2D eigenvalue weighted by Crippen LogP contribution is -2.44. The Balaban J connectivity index is 1.79. The summed E-state index contributed by atoms with van der Waals surface area (Å²) in [6.45, 7) is 2.14. The van der Waals surface area contributed by atoms with Crippen LogP contribution in [0.2, 0.25) is 0 Å². The topological polar surface area (TPSA) is 75.7 Å². The Hall–Kier alpha value is -1.76. The lowest BCUT2D eigenvalue weighted by Gasteiger charge is -2.21. The summed E-state index contributed by atoms with van der Waals surface area (Å²) in [5.41, 5.74) is 1.46. The van der Waals surface area contributed by atoms with Crippen LogP contribution in [-0.2, 0) is 14.8 Å². The molecule has 7 heteroatoms. The summed E-state index contributed by atoms with van der Waals surface area (Å²) >= 11 is 0. The Bertz CT molecular complexity index is 755. The number of sulfonamides is 1. The third-order valence-corrected chi connectivity index (χ3v) is 6.32. The van der Waals surface area contributed by atoms with Gasteiger partial charge in [0.1, 0.15) is 5.75 Å². The van der Waals surface area contributed by atoms with E-state index in [4.69, 9.17) is 4.74 Å². The van der Waals surface area contributed by atoms with Gasteiger partial charge in [0.2, 0.25) is 10.0 Å². The zero-order chi connectivity index (χ0) is 18.7. The van der Waals surface area contributed by atoms with E-state index in [1.807, 2.05) is 13.0 Å². The van der Waals surface area contributed by atoms with Crippen LogP contribution in [0.3, 0.4) is 0 Å². The first-order valence-corrected chi connectivity index (χ1v) is 11.2. The summed E-state index contributed by atoms with van der Waals surface area (Å²) < 4.78 is 31.7. The van der Waals surface area contributed by atoms with Crippen molar-refractivity contribution in [3.63, 3.8) is 0 Å². The maximum absolute atomic E-state index is 12.8. The van der Waals surface area contributed by atoms with Crippen LogP contribution in [0.15, 0.2) is 18.2 Å². The zero-order valence-electron chi connectivity index (χ0n) is 15.5. The first kappa shape index (κ1) is 19.0. The van der Waals surface area contributed by atoms with E-state index in [-0.39, 0.29) is 18.5 Å². The van der Waals surface area contributed by atoms with E-state index in [1.54, 1.807) is 12.1 Å². The second-order valence-electron chi connectivity index (χ2n) is 7.40. The minimum Gasteiger partial charge on any atom is -0.478 e. The van der Waals surface area contributed by atoms with Crippen molar-refractivity contribution in [3.8, 4) is 5.75 Å². The number of rotatable bonds is 3. The van der Waals surface area contributed by atoms with Crippen molar-refractivity contribution in [2.75, 3.05) is 17.1 Å². The largest absolute Gasteiger partial charge is 0.478 e.